The molecule has 0 unspecified atom stereocenters. The number of benzene rings is 3. The number of amides is 1. The van der Waals surface area contributed by atoms with Gasteiger partial charge in [0.05, 0.1) is 12.0 Å². The van der Waals surface area contributed by atoms with Gasteiger partial charge in [0.15, 0.2) is 12.2 Å². The van der Waals surface area contributed by atoms with Crippen molar-refractivity contribution in [3.05, 3.63) is 102 Å². The minimum atomic E-state index is -1.56. The number of carbonyl (C=O) groups excluding carboxylic acids is 5. The SMILES string of the molecule is CC(=O)OC[C@@H]1O[C@H](OC(=O)Cc2ccccc2)[C@H](NC(=O)c2ccccc2OCc2ccccc2)[C@@H](OC(C)=O)[C@@H]1OC(C)=O. The highest BCUT2D eigenvalue weighted by atomic mass is 16.7. The van der Waals surface area contributed by atoms with E-state index in [0.29, 0.717) is 5.56 Å². The van der Waals surface area contributed by atoms with Crippen LogP contribution in [0.15, 0.2) is 84.9 Å². The molecule has 1 aliphatic rings. The summed E-state index contributed by atoms with van der Waals surface area (Å²) in [6.45, 7) is 3.18. The molecule has 1 fully saturated rings. The molecule has 3 aromatic carbocycles. The first-order valence-corrected chi connectivity index (χ1v) is 14.5. The van der Waals surface area contributed by atoms with Crippen LogP contribution in [0.2, 0.25) is 0 Å². The molecule has 5 atom stereocenters. The van der Waals surface area contributed by atoms with Crippen molar-refractivity contribution >= 4 is 29.8 Å². The first-order valence-electron chi connectivity index (χ1n) is 14.5. The summed E-state index contributed by atoms with van der Waals surface area (Å²) >= 11 is 0. The molecule has 0 radical (unpaired) electrons. The van der Waals surface area contributed by atoms with Crippen LogP contribution in [0.25, 0.3) is 0 Å². The quantitative estimate of drug-likeness (QED) is 0.231. The Labute approximate surface area is 265 Å². The largest absolute Gasteiger partial charge is 0.488 e. The van der Waals surface area contributed by atoms with Crippen LogP contribution in [0.3, 0.4) is 0 Å². The first kappa shape index (κ1) is 33.7. The zero-order valence-corrected chi connectivity index (χ0v) is 25.6. The van der Waals surface area contributed by atoms with Crippen molar-refractivity contribution in [1.82, 2.24) is 5.32 Å². The Kier molecular flexibility index (Phi) is 11.8. The maximum Gasteiger partial charge on any atom is 0.312 e. The fourth-order valence-corrected chi connectivity index (χ4v) is 4.83. The highest BCUT2D eigenvalue weighted by Crippen LogP contribution is 2.29. The van der Waals surface area contributed by atoms with E-state index in [1.807, 2.05) is 30.3 Å². The van der Waals surface area contributed by atoms with E-state index in [2.05, 4.69) is 5.32 Å². The molecule has 0 bridgehead atoms. The third kappa shape index (κ3) is 9.63. The van der Waals surface area contributed by atoms with Crippen molar-refractivity contribution < 1.29 is 52.4 Å². The summed E-state index contributed by atoms with van der Waals surface area (Å²) in [5.41, 5.74) is 1.65. The van der Waals surface area contributed by atoms with E-state index in [4.69, 9.17) is 28.4 Å². The van der Waals surface area contributed by atoms with Gasteiger partial charge in [-0.3, -0.25) is 24.0 Å². The van der Waals surface area contributed by atoms with Crippen LogP contribution >= 0.6 is 0 Å². The number of carbonyl (C=O) groups is 5. The first-order chi connectivity index (χ1) is 22.1. The van der Waals surface area contributed by atoms with Gasteiger partial charge in [0, 0.05) is 20.8 Å². The monoisotopic (exact) mass is 633 g/mol. The Morgan fingerprint density at radius 3 is 1.91 bits per heavy atom. The number of para-hydroxylation sites is 1. The molecule has 1 amide bonds. The van der Waals surface area contributed by atoms with Gasteiger partial charge in [0.2, 0.25) is 6.29 Å². The summed E-state index contributed by atoms with van der Waals surface area (Å²) in [4.78, 5) is 63.1. The van der Waals surface area contributed by atoms with Crippen LogP contribution in [-0.2, 0) is 55.9 Å². The molecule has 12 heteroatoms. The minimum Gasteiger partial charge on any atom is -0.488 e. The standard InChI is InChI=1S/C34H35NO11/c1-21(36)41-20-28-31(43-22(2)37)32(44-23(3)38)30(34(45-28)46-29(39)18-24-12-6-4-7-13-24)35-33(40)26-16-10-11-17-27(26)42-19-25-14-8-5-9-15-25/h4-17,28,30-32,34H,18-20H2,1-3H3,(H,35,40)/t28-,30+,31+,32+,34+/m0/s1. The lowest BCUT2D eigenvalue weighted by Gasteiger charge is -2.44. The summed E-state index contributed by atoms with van der Waals surface area (Å²) in [6, 6.07) is 23.2. The van der Waals surface area contributed by atoms with E-state index in [0.717, 1.165) is 19.4 Å². The lowest BCUT2D eigenvalue weighted by atomic mass is 9.95. The number of ether oxygens (including phenoxy) is 6. The molecular formula is C34H35NO11. The van der Waals surface area contributed by atoms with E-state index in [1.54, 1.807) is 48.5 Å². The average Bonchev–Trinajstić information content (AvgIpc) is 3.02. The minimum absolute atomic E-state index is 0.125. The molecule has 1 saturated heterocycles. The second-order valence-electron chi connectivity index (χ2n) is 10.4. The molecule has 4 rings (SSSR count). The maximum absolute atomic E-state index is 13.8. The predicted octanol–water partition coefficient (Wildman–Crippen LogP) is 3.30. The lowest BCUT2D eigenvalue weighted by molar-refractivity contribution is -0.270. The summed E-state index contributed by atoms with van der Waals surface area (Å²) in [7, 11) is 0. The van der Waals surface area contributed by atoms with E-state index in [9.17, 15) is 24.0 Å². The van der Waals surface area contributed by atoms with Gasteiger partial charge >= 0.3 is 23.9 Å². The molecule has 0 spiro atoms. The van der Waals surface area contributed by atoms with Gasteiger partial charge < -0.3 is 33.7 Å². The Balaban J connectivity index is 1.66. The second-order valence-corrected chi connectivity index (χ2v) is 10.4. The molecule has 242 valence electrons. The number of esters is 4. The second kappa shape index (κ2) is 16.2. The molecule has 1 heterocycles. The van der Waals surface area contributed by atoms with Gasteiger partial charge in [-0.25, -0.2) is 0 Å². The Morgan fingerprint density at radius 2 is 1.28 bits per heavy atom. The highest BCUT2D eigenvalue weighted by molar-refractivity contribution is 5.97. The van der Waals surface area contributed by atoms with Crippen molar-refractivity contribution in [1.29, 1.82) is 0 Å². The third-order valence-electron chi connectivity index (χ3n) is 6.81. The molecule has 0 aliphatic carbocycles. The molecule has 0 aromatic heterocycles. The molecule has 0 saturated carbocycles. The molecular weight excluding hydrogens is 598 g/mol. The van der Waals surface area contributed by atoms with Crippen molar-refractivity contribution in [3.8, 4) is 5.75 Å². The molecule has 12 nitrogen and oxygen atoms in total. The van der Waals surface area contributed by atoms with E-state index >= 15 is 0 Å². The van der Waals surface area contributed by atoms with Crippen LogP contribution in [0.5, 0.6) is 5.75 Å². The van der Waals surface area contributed by atoms with E-state index < -0.39 is 67.0 Å². The van der Waals surface area contributed by atoms with E-state index in [-0.39, 0.29) is 24.3 Å². The number of nitrogens with one attached hydrogen (secondary N) is 1. The molecule has 1 N–H and O–H groups in total. The average molecular weight is 634 g/mol. The van der Waals surface area contributed by atoms with Crippen LogP contribution in [-0.4, -0.2) is 67.0 Å². The Hall–Kier alpha value is -5.23. The van der Waals surface area contributed by atoms with Crippen LogP contribution in [0, 0.1) is 0 Å². The van der Waals surface area contributed by atoms with Crippen LogP contribution in [0.4, 0.5) is 0 Å². The van der Waals surface area contributed by atoms with Gasteiger partial charge in [-0.1, -0.05) is 72.8 Å². The Morgan fingerprint density at radius 1 is 0.696 bits per heavy atom. The smallest absolute Gasteiger partial charge is 0.312 e. The fraction of sp³-hybridized carbons (Fsp3) is 0.324. The highest BCUT2D eigenvalue weighted by Gasteiger charge is 2.52. The summed E-state index contributed by atoms with van der Waals surface area (Å²) in [6.07, 6.45) is -5.72. The summed E-state index contributed by atoms with van der Waals surface area (Å²) in [5, 5.41) is 2.74. The van der Waals surface area contributed by atoms with Crippen molar-refractivity contribution in [3.63, 3.8) is 0 Å². The van der Waals surface area contributed by atoms with Gasteiger partial charge in [0.25, 0.3) is 5.91 Å². The maximum atomic E-state index is 13.8. The number of hydrogen-bond acceptors (Lipinski definition) is 11. The van der Waals surface area contributed by atoms with Gasteiger partial charge in [-0.2, -0.15) is 0 Å². The van der Waals surface area contributed by atoms with Crippen LogP contribution < -0.4 is 10.1 Å². The van der Waals surface area contributed by atoms with Crippen LogP contribution in [0.1, 0.15) is 42.3 Å². The summed E-state index contributed by atoms with van der Waals surface area (Å²) in [5.74, 6) is -3.35. The fourth-order valence-electron chi connectivity index (χ4n) is 4.83. The van der Waals surface area contributed by atoms with Gasteiger partial charge in [-0.15, -0.1) is 0 Å². The van der Waals surface area contributed by atoms with Crippen molar-refractivity contribution in [2.24, 2.45) is 0 Å². The molecule has 3 aromatic rings. The summed E-state index contributed by atoms with van der Waals surface area (Å²) < 4.78 is 33.9. The zero-order chi connectivity index (χ0) is 33.1. The predicted molar refractivity (Wildman–Crippen MR) is 161 cm³/mol. The number of hydrogen-bond donors (Lipinski definition) is 1. The Bertz CT molecular complexity index is 1510. The van der Waals surface area contributed by atoms with Gasteiger partial charge in [0.1, 0.15) is 31.1 Å². The normalized spacial score (nSPS) is 20.5. The van der Waals surface area contributed by atoms with Gasteiger partial charge in [-0.05, 0) is 23.3 Å². The third-order valence-corrected chi connectivity index (χ3v) is 6.81. The molecule has 46 heavy (non-hydrogen) atoms. The van der Waals surface area contributed by atoms with E-state index in [1.165, 1.54) is 13.0 Å². The zero-order valence-electron chi connectivity index (χ0n) is 25.6. The number of rotatable bonds is 12. The van der Waals surface area contributed by atoms with Crippen molar-refractivity contribution in [2.45, 2.75) is 64.4 Å². The topological polar surface area (TPSA) is 153 Å². The van der Waals surface area contributed by atoms with Crippen molar-refractivity contribution in [2.75, 3.05) is 6.61 Å². The lowest BCUT2D eigenvalue weighted by Crippen LogP contribution is -2.67. The molecule has 1 aliphatic heterocycles.